The van der Waals surface area contributed by atoms with Gasteiger partial charge in [0.05, 0.1) is 6.10 Å². The highest BCUT2D eigenvalue weighted by Crippen LogP contribution is 2.33. The van der Waals surface area contributed by atoms with E-state index in [0.717, 1.165) is 30.7 Å². The molecule has 0 aromatic rings. The average Bonchev–Trinajstić information content (AvgIpc) is 2.36. The van der Waals surface area contributed by atoms with Crippen molar-refractivity contribution >= 4 is 0 Å². The van der Waals surface area contributed by atoms with E-state index in [0.29, 0.717) is 5.92 Å². The number of hydrogen-bond acceptors (Lipinski definition) is 2. The highest BCUT2D eigenvalue weighted by molar-refractivity contribution is 4.84. The second-order valence-electron chi connectivity index (χ2n) is 6.92. The minimum atomic E-state index is -0.0394. The van der Waals surface area contributed by atoms with E-state index in [9.17, 15) is 5.11 Å². The fraction of sp³-hybridized carbons (Fsp3) is 1.00. The molecule has 2 nitrogen and oxygen atoms in total. The minimum Gasteiger partial charge on any atom is -0.393 e. The van der Waals surface area contributed by atoms with Crippen molar-refractivity contribution in [3.63, 3.8) is 0 Å². The molecule has 0 aromatic heterocycles. The Balaban J connectivity index is 1.84. The van der Waals surface area contributed by atoms with Gasteiger partial charge >= 0.3 is 0 Å². The lowest BCUT2D eigenvalue weighted by molar-refractivity contribution is 0.0144. The predicted octanol–water partition coefficient (Wildman–Crippen LogP) is 3.15. The molecule has 1 saturated carbocycles. The second kappa shape index (κ2) is 6.38. The maximum absolute atomic E-state index is 10.2. The van der Waals surface area contributed by atoms with E-state index in [1.807, 2.05) is 0 Å². The summed E-state index contributed by atoms with van der Waals surface area (Å²) in [6.45, 7) is 10.7. The number of likely N-dealkylation sites (tertiary alicyclic amines) is 1. The first-order valence-electron chi connectivity index (χ1n) is 8.00. The zero-order valence-corrected chi connectivity index (χ0v) is 12.4. The summed E-state index contributed by atoms with van der Waals surface area (Å²) in [6.07, 6.45) is 6.10. The standard InChI is InChI=1S/C16H31NO/c1-4-14-5-6-16(18)15(9-14)11-17-8-7-12(2)13(3)10-17/h12-16,18H,4-11H2,1-3H3. The van der Waals surface area contributed by atoms with Gasteiger partial charge in [-0.3, -0.25) is 0 Å². The molecule has 0 amide bonds. The molecule has 106 valence electrons. The van der Waals surface area contributed by atoms with E-state index in [1.54, 1.807) is 0 Å². The van der Waals surface area contributed by atoms with Crippen molar-refractivity contribution in [3.8, 4) is 0 Å². The van der Waals surface area contributed by atoms with Gasteiger partial charge < -0.3 is 10.0 Å². The van der Waals surface area contributed by atoms with Crippen molar-refractivity contribution in [2.75, 3.05) is 19.6 Å². The number of hydrogen-bond donors (Lipinski definition) is 1. The van der Waals surface area contributed by atoms with Crippen LogP contribution in [-0.4, -0.2) is 35.7 Å². The van der Waals surface area contributed by atoms with Gasteiger partial charge in [0.25, 0.3) is 0 Å². The molecule has 18 heavy (non-hydrogen) atoms. The van der Waals surface area contributed by atoms with Gasteiger partial charge in [0.1, 0.15) is 0 Å². The summed E-state index contributed by atoms with van der Waals surface area (Å²) >= 11 is 0. The summed E-state index contributed by atoms with van der Waals surface area (Å²) in [5.74, 6) is 3.09. The first-order valence-corrected chi connectivity index (χ1v) is 8.00. The summed E-state index contributed by atoms with van der Waals surface area (Å²) in [6, 6.07) is 0. The molecule has 1 N–H and O–H groups in total. The maximum Gasteiger partial charge on any atom is 0.0580 e. The fourth-order valence-electron chi connectivity index (χ4n) is 3.76. The lowest BCUT2D eigenvalue weighted by Gasteiger charge is -2.40. The van der Waals surface area contributed by atoms with E-state index in [2.05, 4.69) is 25.7 Å². The SMILES string of the molecule is CCC1CCC(O)C(CN2CCC(C)C(C)C2)C1. The number of rotatable bonds is 3. The molecule has 0 radical (unpaired) electrons. The average molecular weight is 253 g/mol. The van der Waals surface area contributed by atoms with Gasteiger partial charge in [0.2, 0.25) is 0 Å². The van der Waals surface area contributed by atoms with Crippen molar-refractivity contribution in [1.29, 1.82) is 0 Å². The summed E-state index contributed by atoms with van der Waals surface area (Å²) < 4.78 is 0. The number of nitrogens with zero attached hydrogens (tertiary/aromatic N) is 1. The van der Waals surface area contributed by atoms with Crippen LogP contribution in [0.1, 0.15) is 52.9 Å². The Kier molecular flexibility index (Phi) is 5.08. The molecule has 1 saturated heterocycles. The van der Waals surface area contributed by atoms with Crippen LogP contribution in [0.4, 0.5) is 0 Å². The number of aliphatic hydroxyl groups excluding tert-OH is 1. The van der Waals surface area contributed by atoms with Gasteiger partial charge in [-0.1, -0.05) is 27.2 Å². The third-order valence-electron chi connectivity index (χ3n) is 5.54. The largest absolute Gasteiger partial charge is 0.393 e. The van der Waals surface area contributed by atoms with Gasteiger partial charge in [-0.25, -0.2) is 0 Å². The van der Waals surface area contributed by atoms with Gasteiger partial charge in [0.15, 0.2) is 0 Å². The lowest BCUT2D eigenvalue weighted by Crippen LogP contribution is -2.44. The van der Waals surface area contributed by atoms with Crippen LogP contribution in [0.5, 0.6) is 0 Å². The first kappa shape index (κ1) is 14.3. The Morgan fingerprint density at radius 2 is 1.89 bits per heavy atom. The second-order valence-corrected chi connectivity index (χ2v) is 6.92. The molecule has 5 unspecified atom stereocenters. The summed E-state index contributed by atoms with van der Waals surface area (Å²) in [5, 5.41) is 10.2. The highest BCUT2D eigenvalue weighted by Gasteiger charge is 2.31. The Bertz CT molecular complexity index is 255. The van der Waals surface area contributed by atoms with Crippen LogP contribution in [0.3, 0.4) is 0 Å². The molecule has 1 aliphatic heterocycles. The Morgan fingerprint density at radius 1 is 1.11 bits per heavy atom. The molecule has 2 aliphatic rings. The van der Waals surface area contributed by atoms with Gasteiger partial charge in [-0.05, 0) is 55.9 Å². The van der Waals surface area contributed by atoms with Crippen LogP contribution >= 0.6 is 0 Å². The van der Waals surface area contributed by atoms with E-state index >= 15 is 0 Å². The Labute approximate surface area is 113 Å². The first-order chi connectivity index (χ1) is 8.60. The zero-order chi connectivity index (χ0) is 13.1. The molecule has 1 aliphatic carbocycles. The monoisotopic (exact) mass is 253 g/mol. The van der Waals surface area contributed by atoms with Crippen LogP contribution in [0, 0.1) is 23.7 Å². The number of aliphatic hydroxyl groups is 1. The topological polar surface area (TPSA) is 23.5 Å². The molecular formula is C16H31NO. The molecule has 1 heterocycles. The number of piperidine rings is 1. The molecule has 0 spiro atoms. The Morgan fingerprint density at radius 3 is 2.56 bits per heavy atom. The fourth-order valence-corrected chi connectivity index (χ4v) is 3.76. The summed E-state index contributed by atoms with van der Waals surface area (Å²) in [7, 11) is 0. The van der Waals surface area contributed by atoms with Crippen molar-refractivity contribution in [3.05, 3.63) is 0 Å². The van der Waals surface area contributed by atoms with Crippen LogP contribution in [0.2, 0.25) is 0 Å². The molecule has 2 fully saturated rings. The maximum atomic E-state index is 10.2. The van der Waals surface area contributed by atoms with Crippen LogP contribution in [0.25, 0.3) is 0 Å². The van der Waals surface area contributed by atoms with Crippen molar-refractivity contribution < 1.29 is 5.11 Å². The van der Waals surface area contributed by atoms with Crippen molar-refractivity contribution in [1.82, 2.24) is 4.90 Å². The third-order valence-corrected chi connectivity index (χ3v) is 5.54. The molecular weight excluding hydrogens is 222 g/mol. The minimum absolute atomic E-state index is 0.0394. The quantitative estimate of drug-likeness (QED) is 0.835. The smallest absolute Gasteiger partial charge is 0.0580 e. The molecule has 5 atom stereocenters. The Hall–Kier alpha value is -0.0800. The van der Waals surface area contributed by atoms with Gasteiger partial charge in [-0.15, -0.1) is 0 Å². The van der Waals surface area contributed by atoms with E-state index in [4.69, 9.17) is 0 Å². The zero-order valence-electron chi connectivity index (χ0n) is 12.4. The lowest BCUT2D eigenvalue weighted by atomic mass is 9.77. The van der Waals surface area contributed by atoms with Crippen molar-refractivity contribution in [2.45, 2.75) is 59.0 Å². The van der Waals surface area contributed by atoms with Gasteiger partial charge in [0, 0.05) is 13.1 Å². The molecule has 2 heteroatoms. The van der Waals surface area contributed by atoms with Crippen LogP contribution in [-0.2, 0) is 0 Å². The molecule has 0 bridgehead atoms. The van der Waals surface area contributed by atoms with Crippen LogP contribution in [0.15, 0.2) is 0 Å². The molecule has 2 rings (SSSR count). The predicted molar refractivity (Wildman–Crippen MR) is 76.5 cm³/mol. The summed E-state index contributed by atoms with van der Waals surface area (Å²) in [5.41, 5.74) is 0. The highest BCUT2D eigenvalue weighted by atomic mass is 16.3. The van der Waals surface area contributed by atoms with Gasteiger partial charge in [-0.2, -0.15) is 0 Å². The van der Waals surface area contributed by atoms with Crippen molar-refractivity contribution in [2.24, 2.45) is 23.7 Å². The van der Waals surface area contributed by atoms with E-state index in [-0.39, 0.29) is 6.10 Å². The van der Waals surface area contributed by atoms with E-state index in [1.165, 1.54) is 38.8 Å². The normalized spacial score (nSPS) is 43.0. The third kappa shape index (κ3) is 3.48. The molecule has 0 aromatic carbocycles. The van der Waals surface area contributed by atoms with E-state index < -0.39 is 0 Å². The summed E-state index contributed by atoms with van der Waals surface area (Å²) in [4.78, 5) is 2.61. The van der Waals surface area contributed by atoms with Crippen LogP contribution < -0.4 is 0 Å².